The van der Waals surface area contributed by atoms with E-state index in [-0.39, 0.29) is 6.04 Å². The van der Waals surface area contributed by atoms with Crippen LogP contribution < -0.4 is 0 Å². The van der Waals surface area contributed by atoms with E-state index < -0.39 is 5.79 Å². The zero-order valence-corrected chi connectivity index (χ0v) is 10.3. The Morgan fingerprint density at radius 2 is 1.64 bits per heavy atom. The SMILES string of the molecule is CCOC(C)(OCC)C(C)=NC(C)C. The standard InChI is InChI=1S/C11H23NO2/c1-7-13-11(6,14-8-2)10(5)12-9(3)4/h9H,7-8H2,1-6H3. The zero-order chi connectivity index (χ0) is 11.2. The van der Waals surface area contributed by atoms with Crippen molar-refractivity contribution < 1.29 is 9.47 Å². The Labute approximate surface area is 87.5 Å². The highest BCUT2D eigenvalue weighted by molar-refractivity contribution is 5.88. The van der Waals surface area contributed by atoms with Gasteiger partial charge in [-0.2, -0.15) is 0 Å². The summed E-state index contributed by atoms with van der Waals surface area (Å²) in [6, 6.07) is 0.273. The molecule has 0 aromatic rings. The van der Waals surface area contributed by atoms with E-state index >= 15 is 0 Å². The molecule has 0 aliphatic rings. The number of hydrogen-bond acceptors (Lipinski definition) is 3. The normalized spacial score (nSPS) is 13.8. The molecule has 0 atom stereocenters. The second kappa shape index (κ2) is 6.14. The Balaban J connectivity index is 4.62. The smallest absolute Gasteiger partial charge is 0.204 e. The Morgan fingerprint density at radius 3 is 1.93 bits per heavy atom. The van der Waals surface area contributed by atoms with Gasteiger partial charge in [0.25, 0.3) is 0 Å². The molecular weight excluding hydrogens is 178 g/mol. The van der Waals surface area contributed by atoms with Gasteiger partial charge in [0, 0.05) is 19.3 Å². The Hall–Kier alpha value is -0.410. The predicted octanol–water partition coefficient (Wildman–Crippen LogP) is 2.64. The second-order valence-corrected chi connectivity index (χ2v) is 3.62. The number of aliphatic imine (C=N–C) groups is 1. The molecule has 0 aromatic carbocycles. The first-order chi connectivity index (χ1) is 6.46. The molecule has 84 valence electrons. The van der Waals surface area contributed by atoms with Gasteiger partial charge in [-0.05, 0) is 41.5 Å². The molecule has 0 amide bonds. The molecule has 3 heteroatoms. The largest absolute Gasteiger partial charge is 0.345 e. The number of rotatable bonds is 6. The van der Waals surface area contributed by atoms with Crippen LogP contribution in [-0.4, -0.2) is 30.8 Å². The molecule has 0 spiro atoms. The fourth-order valence-electron chi connectivity index (χ4n) is 1.31. The van der Waals surface area contributed by atoms with E-state index in [1.165, 1.54) is 0 Å². The van der Waals surface area contributed by atoms with Crippen LogP contribution in [-0.2, 0) is 9.47 Å². The molecule has 0 radical (unpaired) electrons. The Morgan fingerprint density at radius 1 is 1.21 bits per heavy atom. The molecule has 0 aliphatic carbocycles. The molecule has 0 aromatic heterocycles. The van der Waals surface area contributed by atoms with Gasteiger partial charge in [-0.3, -0.25) is 4.99 Å². The summed E-state index contributed by atoms with van der Waals surface area (Å²) in [5.74, 6) is -0.659. The lowest BCUT2D eigenvalue weighted by Gasteiger charge is -2.29. The maximum atomic E-state index is 5.58. The number of nitrogens with zero attached hydrogens (tertiary/aromatic N) is 1. The first kappa shape index (κ1) is 13.6. The van der Waals surface area contributed by atoms with Gasteiger partial charge >= 0.3 is 0 Å². The summed E-state index contributed by atoms with van der Waals surface area (Å²) in [5, 5.41) is 0. The molecular formula is C11H23NO2. The average molecular weight is 201 g/mol. The average Bonchev–Trinajstić information content (AvgIpc) is 2.03. The van der Waals surface area contributed by atoms with E-state index in [2.05, 4.69) is 4.99 Å². The van der Waals surface area contributed by atoms with Gasteiger partial charge in [-0.25, -0.2) is 0 Å². The van der Waals surface area contributed by atoms with Crippen molar-refractivity contribution in [3.63, 3.8) is 0 Å². The van der Waals surface area contributed by atoms with Gasteiger partial charge in [0.05, 0.1) is 5.71 Å². The fraction of sp³-hybridized carbons (Fsp3) is 0.909. The highest BCUT2D eigenvalue weighted by atomic mass is 16.7. The summed E-state index contributed by atoms with van der Waals surface area (Å²) in [5.41, 5.74) is 0.899. The number of ether oxygens (including phenoxy) is 2. The summed E-state index contributed by atoms with van der Waals surface area (Å²) in [6.07, 6.45) is 0. The molecule has 0 rings (SSSR count). The van der Waals surface area contributed by atoms with Gasteiger partial charge in [0.15, 0.2) is 0 Å². The molecule has 0 bridgehead atoms. The molecule has 0 heterocycles. The van der Waals surface area contributed by atoms with E-state index in [0.717, 1.165) is 5.71 Å². The van der Waals surface area contributed by atoms with E-state index in [0.29, 0.717) is 13.2 Å². The summed E-state index contributed by atoms with van der Waals surface area (Å²) in [4.78, 5) is 4.45. The van der Waals surface area contributed by atoms with Crippen molar-refractivity contribution in [2.24, 2.45) is 4.99 Å². The Kier molecular flexibility index (Phi) is 5.96. The minimum atomic E-state index is -0.659. The van der Waals surface area contributed by atoms with Crippen LogP contribution in [0.1, 0.15) is 41.5 Å². The first-order valence-electron chi connectivity index (χ1n) is 5.29. The van der Waals surface area contributed by atoms with Crippen LogP contribution in [0.3, 0.4) is 0 Å². The molecule has 0 aliphatic heterocycles. The van der Waals surface area contributed by atoms with Gasteiger partial charge in [0.2, 0.25) is 5.79 Å². The Bertz CT molecular complexity index is 182. The zero-order valence-electron chi connectivity index (χ0n) is 10.3. The third kappa shape index (κ3) is 4.20. The van der Waals surface area contributed by atoms with Crippen molar-refractivity contribution in [3.05, 3.63) is 0 Å². The van der Waals surface area contributed by atoms with Crippen molar-refractivity contribution in [2.45, 2.75) is 53.4 Å². The third-order valence-corrected chi connectivity index (χ3v) is 1.95. The highest BCUT2D eigenvalue weighted by Gasteiger charge is 2.28. The molecule has 14 heavy (non-hydrogen) atoms. The van der Waals surface area contributed by atoms with Crippen LogP contribution in [0.25, 0.3) is 0 Å². The maximum Gasteiger partial charge on any atom is 0.204 e. The molecule has 0 saturated carbocycles. The summed E-state index contributed by atoms with van der Waals surface area (Å²) in [6.45, 7) is 13.1. The van der Waals surface area contributed by atoms with E-state index in [9.17, 15) is 0 Å². The molecule has 0 N–H and O–H groups in total. The van der Waals surface area contributed by atoms with E-state index in [4.69, 9.17) is 9.47 Å². The van der Waals surface area contributed by atoms with Gasteiger partial charge in [0.1, 0.15) is 0 Å². The first-order valence-corrected chi connectivity index (χ1v) is 5.29. The maximum absolute atomic E-state index is 5.58. The van der Waals surface area contributed by atoms with Crippen LogP contribution >= 0.6 is 0 Å². The monoisotopic (exact) mass is 201 g/mol. The van der Waals surface area contributed by atoms with Crippen molar-refractivity contribution in [2.75, 3.05) is 13.2 Å². The van der Waals surface area contributed by atoms with Crippen LogP contribution in [0.4, 0.5) is 0 Å². The van der Waals surface area contributed by atoms with Crippen molar-refractivity contribution >= 4 is 5.71 Å². The fourth-order valence-corrected chi connectivity index (χ4v) is 1.31. The van der Waals surface area contributed by atoms with Gasteiger partial charge in [-0.1, -0.05) is 0 Å². The van der Waals surface area contributed by atoms with Crippen LogP contribution in [0.15, 0.2) is 4.99 Å². The quantitative estimate of drug-likeness (QED) is 0.488. The lowest BCUT2D eigenvalue weighted by Crippen LogP contribution is -2.40. The van der Waals surface area contributed by atoms with Gasteiger partial charge < -0.3 is 9.47 Å². The van der Waals surface area contributed by atoms with Crippen LogP contribution in [0, 0.1) is 0 Å². The second-order valence-electron chi connectivity index (χ2n) is 3.62. The van der Waals surface area contributed by atoms with Crippen molar-refractivity contribution in [1.82, 2.24) is 0 Å². The molecule has 0 saturated heterocycles. The lowest BCUT2D eigenvalue weighted by molar-refractivity contribution is -0.171. The van der Waals surface area contributed by atoms with Gasteiger partial charge in [-0.15, -0.1) is 0 Å². The summed E-state index contributed by atoms with van der Waals surface area (Å²) >= 11 is 0. The van der Waals surface area contributed by atoms with Crippen molar-refractivity contribution in [1.29, 1.82) is 0 Å². The van der Waals surface area contributed by atoms with E-state index in [1.54, 1.807) is 0 Å². The molecule has 0 unspecified atom stereocenters. The number of hydrogen-bond donors (Lipinski definition) is 0. The minimum absolute atomic E-state index is 0.273. The van der Waals surface area contributed by atoms with Crippen molar-refractivity contribution in [3.8, 4) is 0 Å². The van der Waals surface area contributed by atoms with Crippen LogP contribution in [0.2, 0.25) is 0 Å². The third-order valence-electron chi connectivity index (χ3n) is 1.95. The molecule has 3 nitrogen and oxygen atoms in total. The highest BCUT2D eigenvalue weighted by Crippen LogP contribution is 2.15. The van der Waals surface area contributed by atoms with E-state index in [1.807, 2.05) is 41.5 Å². The summed E-state index contributed by atoms with van der Waals surface area (Å²) < 4.78 is 11.2. The topological polar surface area (TPSA) is 30.8 Å². The lowest BCUT2D eigenvalue weighted by atomic mass is 10.2. The predicted molar refractivity (Wildman–Crippen MR) is 59.9 cm³/mol. The summed E-state index contributed by atoms with van der Waals surface area (Å²) in [7, 11) is 0. The van der Waals surface area contributed by atoms with Crippen LogP contribution in [0.5, 0.6) is 0 Å². The molecule has 0 fully saturated rings. The minimum Gasteiger partial charge on any atom is -0.345 e.